The summed E-state index contributed by atoms with van der Waals surface area (Å²) < 4.78 is 6.52. The molecule has 1 aromatic heterocycles. The topological polar surface area (TPSA) is 45.9 Å². The molecule has 0 amide bonds. The van der Waals surface area contributed by atoms with Gasteiger partial charge in [-0.2, -0.15) is 5.26 Å². The predicted molar refractivity (Wildman–Crippen MR) is 149 cm³/mol. The molecule has 0 radical (unpaired) electrons. The Labute approximate surface area is 216 Å². The Hall–Kier alpha value is -4.78. The van der Waals surface area contributed by atoms with Crippen molar-refractivity contribution < 1.29 is 4.74 Å². The van der Waals surface area contributed by atoms with Crippen molar-refractivity contribution in [3.63, 3.8) is 0 Å². The average Bonchev–Trinajstić information content (AvgIpc) is 2.97. The van der Waals surface area contributed by atoms with Crippen LogP contribution in [0.1, 0.15) is 28.4 Å². The van der Waals surface area contributed by atoms with Crippen LogP contribution in [0.2, 0.25) is 0 Å². The lowest BCUT2D eigenvalue weighted by Gasteiger charge is -2.21. The summed E-state index contributed by atoms with van der Waals surface area (Å²) in [5, 5.41) is 14.7. The van der Waals surface area contributed by atoms with Gasteiger partial charge in [0.05, 0.1) is 18.2 Å². The lowest BCUT2D eigenvalue weighted by Crippen LogP contribution is -2.07. The van der Waals surface area contributed by atoms with Gasteiger partial charge in [-0.3, -0.25) is 4.98 Å². The van der Waals surface area contributed by atoms with Crippen molar-refractivity contribution in [2.24, 2.45) is 0 Å². The van der Waals surface area contributed by atoms with Crippen molar-refractivity contribution in [3.8, 4) is 17.2 Å². The van der Waals surface area contributed by atoms with Gasteiger partial charge in [0, 0.05) is 23.5 Å². The number of nitriles is 1. The Balaban J connectivity index is 1.54. The summed E-state index contributed by atoms with van der Waals surface area (Å²) in [5.74, 6) is 0. The maximum Gasteiger partial charge on any atom is 0.109 e. The van der Waals surface area contributed by atoms with Crippen LogP contribution in [0.15, 0.2) is 128 Å². The van der Waals surface area contributed by atoms with E-state index < -0.39 is 0 Å². The smallest absolute Gasteiger partial charge is 0.109 e. The van der Waals surface area contributed by atoms with Crippen LogP contribution in [0.4, 0.5) is 0 Å². The molecule has 0 fully saturated rings. The second-order valence-electron chi connectivity index (χ2n) is 9.07. The van der Waals surface area contributed by atoms with Gasteiger partial charge >= 0.3 is 0 Å². The molecule has 3 nitrogen and oxygen atoms in total. The molecule has 1 atom stereocenters. The van der Waals surface area contributed by atoms with Crippen LogP contribution in [0.25, 0.3) is 32.7 Å². The first-order valence-corrected chi connectivity index (χ1v) is 12.3. The van der Waals surface area contributed by atoms with Crippen molar-refractivity contribution >= 4 is 21.5 Å². The summed E-state index contributed by atoms with van der Waals surface area (Å²) in [7, 11) is 0. The first-order chi connectivity index (χ1) is 18.3. The Morgan fingerprint density at radius 1 is 0.703 bits per heavy atom. The van der Waals surface area contributed by atoms with Crippen molar-refractivity contribution in [2.45, 2.75) is 12.7 Å². The summed E-state index contributed by atoms with van der Waals surface area (Å²) in [5.41, 5.74) is 5.67. The fraction of sp³-hybridized carbons (Fsp3) is 0.0588. The first-order valence-electron chi connectivity index (χ1n) is 12.3. The highest BCUT2D eigenvalue weighted by atomic mass is 16.5. The first kappa shape index (κ1) is 22.7. The maximum atomic E-state index is 10.1. The highest BCUT2D eigenvalue weighted by molar-refractivity contribution is 6.13. The third kappa shape index (κ3) is 4.47. The largest absolute Gasteiger partial charge is 0.364 e. The van der Waals surface area contributed by atoms with Gasteiger partial charge in [0.25, 0.3) is 0 Å². The van der Waals surface area contributed by atoms with Crippen molar-refractivity contribution in [1.29, 1.82) is 5.26 Å². The third-order valence-corrected chi connectivity index (χ3v) is 6.75. The van der Waals surface area contributed by atoms with E-state index in [2.05, 4.69) is 83.8 Å². The molecule has 6 aromatic rings. The van der Waals surface area contributed by atoms with E-state index in [1.807, 2.05) is 48.7 Å². The van der Waals surface area contributed by atoms with Crippen molar-refractivity contribution in [3.05, 3.63) is 150 Å². The molecule has 1 unspecified atom stereocenters. The number of benzene rings is 5. The Kier molecular flexibility index (Phi) is 6.17. The van der Waals surface area contributed by atoms with E-state index in [9.17, 15) is 5.26 Å². The minimum absolute atomic E-state index is 0.332. The zero-order valence-electron chi connectivity index (χ0n) is 20.2. The van der Waals surface area contributed by atoms with Gasteiger partial charge in [-0.05, 0) is 62.5 Å². The molecule has 0 aliphatic rings. The molecular formula is C34H24N2O. The van der Waals surface area contributed by atoms with E-state index in [0.29, 0.717) is 12.2 Å². The van der Waals surface area contributed by atoms with Crippen molar-refractivity contribution in [1.82, 2.24) is 4.98 Å². The monoisotopic (exact) mass is 476 g/mol. The van der Waals surface area contributed by atoms with Gasteiger partial charge in [-0.1, -0.05) is 91.0 Å². The number of hydrogen-bond donors (Lipinski definition) is 0. The molecule has 0 bridgehead atoms. The molecular weight excluding hydrogens is 452 g/mol. The highest BCUT2D eigenvalue weighted by Crippen LogP contribution is 2.40. The van der Waals surface area contributed by atoms with Gasteiger partial charge in [0.1, 0.15) is 6.10 Å². The zero-order chi connectivity index (χ0) is 25.0. The molecule has 0 spiro atoms. The number of nitrogens with zero attached hydrogens (tertiary/aromatic N) is 2. The molecule has 176 valence electrons. The molecule has 0 saturated heterocycles. The molecule has 5 aromatic carbocycles. The van der Waals surface area contributed by atoms with E-state index in [1.54, 1.807) is 6.20 Å². The van der Waals surface area contributed by atoms with E-state index in [-0.39, 0.29) is 6.10 Å². The molecule has 0 N–H and O–H groups in total. The molecule has 6 rings (SSSR count). The van der Waals surface area contributed by atoms with Gasteiger partial charge in [0.2, 0.25) is 0 Å². The van der Waals surface area contributed by atoms with E-state index in [4.69, 9.17) is 4.74 Å². The molecule has 0 saturated carbocycles. The van der Waals surface area contributed by atoms with Crippen LogP contribution in [0, 0.1) is 11.3 Å². The summed E-state index contributed by atoms with van der Waals surface area (Å²) in [6, 6.07) is 41.5. The average molecular weight is 477 g/mol. The summed E-state index contributed by atoms with van der Waals surface area (Å²) in [6.45, 7) is 0.465. The number of pyridine rings is 1. The van der Waals surface area contributed by atoms with Gasteiger partial charge in [-0.15, -0.1) is 0 Å². The van der Waals surface area contributed by atoms with E-state index in [1.165, 1.54) is 0 Å². The van der Waals surface area contributed by atoms with Crippen LogP contribution >= 0.6 is 0 Å². The number of fused-ring (bicyclic) bond motifs is 2. The predicted octanol–water partition coefficient (Wildman–Crippen LogP) is 8.23. The van der Waals surface area contributed by atoms with Crippen LogP contribution in [-0.2, 0) is 11.3 Å². The molecule has 1 heterocycles. The lowest BCUT2D eigenvalue weighted by molar-refractivity contribution is 0.0665. The molecule has 0 aliphatic heterocycles. The van der Waals surface area contributed by atoms with Crippen LogP contribution in [-0.4, -0.2) is 4.98 Å². The molecule has 3 heteroatoms. The Morgan fingerprint density at radius 2 is 1.41 bits per heavy atom. The van der Waals surface area contributed by atoms with Gasteiger partial charge in [-0.25, -0.2) is 0 Å². The minimum atomic E-state index is -0.332. The fourth-order valence-corrected chi connectivity index (χ4v) is 5.00. The summed E-state index contributed by atoms with van der Waals surface area (Å²) in [6.07, 6.45) is 3.28. The van der Waals surface area contributed by atoms with Gasteiger partial charge in [0.15, 0.2) is 0 Å². The number of hydrogen-bond acceptors (Lipinski definition) is 3. The molecule has 37 heavy (non-hydrogen) atoms. The zero-order valence-corrected chi connectivity index (χ0v) is 20.2. The Bertz CT molecular complexity index is 1680. The number of ether oxygens (including phenoxy) is 1. The number of aromatic nitrogens is 1. The maximum absolute atomic E-state index is 10.1. The number of rotatable bonds is 6. The molecule has 0 aliphatic carbocycles. The van der Waals surface area contributed by atoms with E-state index in [0.717, 1.165) is 49.4 Å². The summed E-state index contributed by atoms with van der Waals surface area (Å²) >= 11 is 0. The lowest BCUT2D eigenvalue weighted by atomic mass is 9.88. The summed E-state index contributed by atoms with van der Waals surface area (Å²) in [4.78, 5) is 4.35. The standard InChI is InChI=1S/C34H24N2O/c35-21-28-17-16-27(34(29-13-8-18-36-22-29)37-23-24-9-2-1-3-10-24)20-32(28)33-30-14-6-4-11-25(30)19-26-12-5-7-15-31(26)33/h1-20,22,34H,23H2. The van der Waals surface area contributed by atoms with Crippen LogP contribution in [0.3, 0.4) is 0 Å². The third-order valence-electron chi connectivity index (χ3n) is 6.75. The second kappa shape index (κ2) is 10.1. The van der Waals surface area contributed by atoms with E-state index >= 15 is 0 Å². The van der Waals surface area contributed by atoms with Gasteiger partial charge < -0.3 is 4.74 Å². The minimum Gasteiger partial charge on any atom is -0.364 e. The SMILES string of the molecule is N#Cc1ccc(C(OCc2ccccc2)c2cccnc2)cc1-c1c2ccccc2cc2ccccc12. The van der Waals surface area contributed by atoms with Crippen molar-refractivity contribution in [2.75, 3.05) is 0 Å². The highest BCUT2D eigenvalue weighted by Gasteiger charge is 2.20. The fourth-order valence-electron chi connectivity index (χ4n) is 5.00. The normalized spacial score (nSPS) is 11.9. The Morgan fingerprint density at radius 3 is 2.08 bits per heavy atom. The van der Waals surface area contributed by atoms with Crippen LogP contribution < -0.4 is 0 Å². The quantitative estimate of drug-likeness (QED) is 0.227. The van der Waals surface area contributed by atoms with Crippen LogP contribution in [0.5, 0.6) is 0 Å². The second-order valence-corrected chi connectivity index (χ2v) is 9.07.